The predicted molar refractivity (Wildman–Crippen MR) is 82.7 cm³/mol. The molecule has 2 aromatic rings. The maximum Gasteiger partial charge on any atom is 0.257 e. The first-order valence-corrected chi connectivity index (χ1v) is 6.74. The van der Waals surface area contributed by atoms with E-state index in [0.717, 1.165) is 4.47 Å². The second-order valence-electron chi connectivity index (χ2n) is 3.99. The molecule has 2 rings (SSSR count). The van der Waals surface area contributed by atoms with Crippen LogP contribution in [0, 0.1) is 11.3 Å². The largest absolute Gasteiger partial charge is 0.398 e. The fraction of sp³-hybridized carbons (Fsp3) is 0. The maximum atomic E-state index is 12.1. The number of halogens is 2. The molecule has 0 heterocycles. The number of nitrogens with one attached hydrogen (secondary N) is 1. The highest BCUT2D eigenvalue weighted by Crippen LogP contribution is 2.23. The summed E-state index contributed by atoms with van der Waals surface area (Å²) in [6.45, 7) is 0. The minimum absolute atomic E-state index is 0.283. The second kappa shape index (κ2) is 5.95. The molecule has 0 fully saturated rings. The highest BCUT2D eigenvalue weighted by molar-refractivity contribution is 9.10. The number of nitrogen functional groups attached to an aromatic ring is 1. The normalized spacial score (nSPS) is 9.85. The van der Waals surface area contributed by atoms with E-state index in [0.29, 0.717) is 21.8 Å². The molecule has 0 unspecified atom stereocenters. The average molecular weight is 351 g/mol. The summed E-state index contributed by atoms with van der Waals surface area (Å²) in [7, 11) is 0. The Bertz CT molecular complexity index is 725. The van der Waals surface area contributed by atoms with E-state index in [1.165, 1.54) is 12.1 Å². The molecule has 0 spiro atoms. The van der Waals surface area contributed by atoms with Crippen LogP contribution < -0.4 is 11.1 Å². The standard InChI is InChI=1S/C14H9BrClN3O/c15-9-1-4-13(8(5-9)7-17)19-14(20)11-3-2-10(16)6-12(11)18/h1-6H,18H2,(H,19,20). The van der Waals surface area contributed by atoms with Gasteiger partial charge in [-0.05, 0) is 36.4 Å². The Morgan fingerprint density at radius 2 is 2.05 bits per heavy atom. The van der Waals surface area contributed by atoms with E-state index < -0.39 is 5.91 Å². The second-order valence-corrected chi connectivity index (χ2v) is 5.34. The SMILES string of the molecule is N#Cc1cc(Br)ccc1NC(=O)c1ccc(Cl)cc1N. The first-order chi connectivity index (χ1) is 9.51. The van der Waals surface area contributed by atoms with Crippen molar-refractivity contribution >= 4 is 44.8 Å². The molecule has 2 aromatic carbocycles. The van der Waals surface area contributed by atoms with Crippen LogP contribution in [-0.4, -0.2) is 5.91 Å². The number of anilines is 2. The van der Waals surface area contributed by atoms with Gasteiger partial charge in [0, 0.05) is 15.2 Å². The lowest BCUT2D eigenvalue weighted by Gasteiger charge is -2.09. The van der Waals surface area contributed by atoms with Crippen LogP contribution in [-0.2, 0) is 0 Å². The van der Waals surface area contributed by atoms with Crippen LogP contribution in [0.15, 0.2) is 40.9 Å². The zero-order valence-electron chi connectivity index (χ0n) is 10.2. The van der Waals surface area contributed by atoms with Crippen LogP contribution in [0.25, 0.3) is 0 Å². The minimum Gasteiger partial charge on any atom is -0.398 e. The molecule has 0 aliphatic carbocycles. The Labute approximate surface area is 129 Å². The fourth-order valence-electron chi connectivity index (χ4n) is 1.65. The smallest absolute Gasteiger partial charge is 0.257 e. The number of amides is 1. The van der Waals surface area contributed by atoms with E-state index in [1.807, 2.05) is 6.07 Å². The van der Waals surface area contributed by atoms with Gasteiger partial charge in [0.25, 0.3) is 5.91 Å². The van der Waals surface area contributed by atoms with Crippen molar-refractivity contribution in [3.63, 3.8) is 0 Å². The lowest BCUT2D eigenvalue weighted by Crippen LogP contribution is -2.14. The van der Waals surface area contributed by atoms with Crippen molar-refractivity contribution in [1.29, 1.82) is 5.26 Å². The summed E-state index contributed by atoms with van der Waals surface area (Å²) in [5.41, 5.74) is 7.13. The lowest BCUT2D eigenvalue weighted by atomic mass is 10.1. The first-order valence-electron chi connectivity index (χ1n) is 5.57. The zero-order valence-corrected chi connectivity index (χ0v) is 12.5. The van der Waals surface area contributed by atoms with E-state index in [4.69, 9.17) is 22.6 Å². The van der Waals surface area contributed by atoms with Crippen LogP contribution in [0.2, 0.25) is 5.02 Å². The molecule has 3 N–H and O–H groups in total. The Kier molecular flexibility index (Phi) is 4.28. The van der Waals surface area contributed by atoms with Crippen LogP contribution in [0.5, 0.6) is 0 Å². The van der Waals surface area contributed by atoms with Crippen molar-refractivity contribution in [3.8, 4) is 6.07 Å². The van der Waals surface area contributed by atoms with Crippen molar-refractivity contribution in [3.05, 3.63) is 57.0 Å². The van der Waals surface area contributed by atoms with Gasteiger partial charge in [-0.3, -0.25) is 4.79 Å². The van der Waals surface area contributed by atoms with Gasteiger partial charge in [-0.2, -0.15) is 5.26 Å². The number of nitrogens with two attached hydrogens (primary N) is 1. The van der Waals surface area contributed by atoms with Gasteiger partial charge < -0.3 is 11.1 Å². The molecule has 20 heavy (non-hydrogen) atoms. The summed E-state index contributed by atoms with van der Waals surface area (Å²) in [4.78, 5) is 12.1. The molecule has 0 radical (unpaired) electrons. The number of carbonyl (C=O) groups excluding carboxylic acids is 1. The van der Waals surface area contributed by atoms with Gasteiger partial charge in [0.2, 0.25) is 0 Å². The highest BCUT2D eigenvalue weighted by Gasteiger charge is 2.12. The Hall–Kier alpha value is -2.03. The van der Waals surface area contributed by atoms with Crippen molar-refractivity contribution < 1.29 is 4.79 Å². The lowest BCUT2D eigenvalue weighted by molar-refractivity contribution is 0.102. The van der Waals surface area contributed by atoms with E-state index in [9.17, 15) is 4.79 Å². The first kappa shape index (κ1) is 14.4. The van der Waals surface area contributed by atoms with Crippen molar-refractivity contribution in [2.75, 3.05) is 11.1 Å². The third-order valence-electron chi connectivity index (χ3n) is 2.61. The van der Waals surface area contributed by atoms with Crippen LogP contribution >= 0.6 is 27.5 Å². The Balaban J connectivity index is 2.31. The van der Waals surface area contributed by atoms with Gasteiger partial charge >= 0.3 is 0 Å². The minimum atomic E-state index is -0.391. The monoisotopic (exact) mass is 349 g/mol. The van der Waals surface area contributed by atoms with Crippen molar-refractivity contribution in [2.45, 2.75) is 0 Å². The quantitative estimate of drug-likeness (QED) is 0.808. The van der Waals surface area contributed by atoms with E-state index in [-0.39, 0.29) is 5.69 Å². The molecule has 1 amide bonds. The van der Waals surface area contributed by atoms with Gasteiger partial charge in [0.1, 0.15) is 6.07 Å². The molecule has 0 saturated carbocycles. The van der Waals surface area contributed by atoms with Gasteiger partial charge in [0.15, 0.2) is 0 Å². The number of carbonyl (C=O) groups is 1. The number of benzene rings is 2. The molecule has 0 saturated heterocycles. The summed E-state index contributed by atoms with van der Waals surface area (Å²) in [5, 5.41) is 12.2. The summed E-state index contributed by atoms with van der Waals surface area (Å²) >= 11 is 9.06. The number of rotatable bonds is 2. The van der Waals surface area contributed by atoms with E-state index >= 15 is 0 Å². The van der Waals surface area contributed by atoms with Gasteiger partial charge in [-0.1, -0.05) is 27.5 Å². The molecular weight excluding hydrogens is 342 g/mol. The fourth-order valence-corrected chi connectivity index (χ4v) is 2.19. The third-order valence-corrected chi connectivity index (χ3v) is 3.34. The summed E-state index contributed by atoms with van der Waals surface area (Å²) in [6, 6.07) is 11.7. The van der Waals surface area contributed by atoms with Gasteiger partial charge in [0.05, 0.1) is 16.8 Å². The Morgan fingerprint density at radius 3 is 2.70 bits per heavy atom. The molecule has 0 bridgehead atoms. The number of hydrogen-bond acceptors (Lipinski definition) is 3. The topological polar surface area (TPSA) is 78.9 Å². The summed E-state index contributed by atoms with van der Waals surface area (Å²) in [5.74, 6) is -0.391. The maximum absolute atomic E-state index is 12.1. The van der Waals surface area contributed by atoms with E-state index in [1.54, 1.807) is 24.3 Å². The number of hydrogen-bond donors (Lipinski definition) is 2. The Morgan fingerprint density at radius 1 is 1.30 bits per heavy atom. The zero-order chi connectivity index (χ0) is 14.7. The highest BCUT2D eigenvalue weighted by atomic mass is 79.9. The van der Waals surface area contributed by atoms with Crippen LogP contribution in [0.3, 0.4) is 0 Å². The molecule has 0 aliphatic heterocycles. The molecule has 100 valence electrons. The molecular formula is C14H9BrClN3O. The average Bonchev–Trinajstić information content (AvgIpc) is 2.40. The molecule has 4 nitrogen and oxygen atoms in total. The van der Waals surface area contributed by atoms with Gasteiger partial charge in [-0.15, -0.1) is 0 Å². The molecule has 0 aromatic heterocycles. The van der Waals surface area contributed by atoms with Crippen molar-refractivity contribution in [1.82, 2.24) is 0 Å². The van der Waals surface area contributed by atoms with Crippen LogP contribution in [0.1, 0.15) is 15.9 Å². The predicted octanol–water partition coefficient (Wildman–Crippen LogP) is 3.81. The molecule has 6 heteroatoms. The summed E-state index contributed by atoms with van der Waals surface area (Å²) in [6.07, 6.45) is 0. The van der Waals surface area contributed by atoms with Gasteiger partial charge in [-0.25, -0.2) is 0 Å². The van der Waals surface area contributed by atoms with Crippen LogP contribution in [0.4, 0.5) is 11.4 Å². The number of nitriles is 1. The van der Waals surface area contributed by atoms with Crippen molar-refractivity contribution in [2.24, 2.45) is 0 Å². The molecule has 0 aliphatic rings. The number of nitrogens with zero attached hydrogens (tertiary/aromatic N) is 1. The third kappa shape index (κ3) is 3.10. The molecule has 0 atom stereocenters. The summed E-state index contributed by atoms with van der Waals surface area (Å²) < 4.78 is 0.762. The van der Waals surface area contributed by atoms with E-state index in [2.05, 4.69) is 21.2 Å².